The first-order valence-corrected chi connectivity index (χ1v) is 9.49. The van der Waals surface area contributed by atoms with Gasteiger partial charge < -0.3 is 19.7 Å². The van der Waals surface area contributed by atoms with Crippen molar-refractivity contribution in [1.29, 1.82) is 0 Å². The largest absolute Gasteiger partial charge is 0.495 e. The number of nitrogens with zero attached hydrogens (tertiary/aromatic N) is 1. The summed E-state index contributed by atoms with van der Waals surface area (Å²) in [6.45, 7) is -0.334. The van der Waals surface area contributed by atoms with Crippen molar-refractivity contribution in [3.05, 3.63) is 52.5 Å². The van der Waals surface area contributed by atoms with E-state index in [1.807, 2.05) is 0 Å². The Morgan fingerprint density at radius 2 is 1.97 bits per heavy atom. The fourth-order valence-corrected chi connectivity index (χ4v) is 3.44. The zero-order valence-electron chi connectivity index (χ0n) is 15.5. The molecule has 9 heteroatoms. The van der Waals surface area contributed by atoms with E-state index in [4.69, 9.17) is 32.7 Å². The second-order valence-electron chi connectivity index (χ2n) is 6.36. The van der Waals surface area contributed by atoms with Crippen LogP contribution in [0.5, 0.6) is 5.75 Å². The Morgan fingerprint density at radius 3 is 2.69 bits per heavy atom. The van der Waals surface area contributed by atoms with Crippen LogP contribution in [-0.2, 0) is 19.1 Å². The number of amides is 2. The molecule has 3 rings (SSSR count). The number of carbonyl (C=O) groups is 3. The highest BCUT2D eigenvalue weighted by molar-refractivity contribution is 6.36. The third-order valence-electron chi connectivity index (χ3n) is 4.39. The first kappa shape index (κ1) is 21.0. The maximum absolute atomic E-state index is 12.4. The van der Waals surface area contributed by atoms with Crippen LogP contribution in [0.1, 0.15) is 6.42 Å². The minimum Gasteiger partial charge on any atom is -0.495 e. The van der Waals surface area contributed by atoms with Crippen molar-refractivity contribution in [3.8, 4) is 5.75 Å². The summed E-state index contributed by atoms with van der Waals surface area (Å²) >= 11 is 11.8. The third-order valence-corrected chi connectivity index (χ3v) is 4.93. The Hall–Kier alpha value is -2.77. The quantitative estimate of drug-likeness (QED) is 0.699. The molecule has 0 bridgehead atoms. The number of halogens is 2. The molecule has 152 valence electrons. The lowest BCUT2D eigenvalue weighted by Gasteiger charge is -2.19. The molecule has 1 saturated heterocycles. The van der Waals surface area contributed by atoms with Crippen LogP contribution in [0.2, 0.25) is 10.0 Å². The first-order chi connectivity index (χ1) is 13.9. The number of hydrogen-bond acceptors (Lipinski definition) is 5. The van der Waals surface area contributed by atoms with Crippen molar-refractivity contribution >= 4 is 52.4 Å². The lowest BCUT2D eigenvalue weighted by Crippen LogP contribution is -2.28. The Balaban J connectivity index is 1.56. The number of para-hydroxylation sites is 2. The van der Waals surface area contributed by atoms with Crippen LogP contribution in [0.3, 0.4) is 0 Å². The smallest absolute Gasteiger partial charge is 0.311 e. The lowest BCUT2D eigenvalue weighted by atomic mass is 10.1. The Labute approximate surface area is 177 Å². The molecule has 7 nitrogen and oxygen atoms in total. The highest BCUT2D eigenvalue weighted by Gasteiger charge is 2.37. The molecule has 1 atom stereocenters. The average Bonchev–Trinajstić information content (AvgIpc) is 3.09. The van der Waals surface area contributed by atoms with Gasteiger partial charge in [0.2, 0.25) is 5.91 Å². The molecule has 1 fully saturated rings. The maximum atomic E-state index is 12.4. The van der Waals surface area contributed by atoms with Crippen molar-refractivity contribution < 1.29 is 23.9 Å². The summed E-state index contributed by atoms with van der Waals surface area (Å²) in [5.41, 5.74) is 0.945. The van der Waals surface area contributed by atoms with Crippen LogP contribution in [0.15, 0.2) is 42.5 Å². The summed E-state index contributed by atoms with van der Waals surface area (Å²) in [5, 5.41) is 3.25. The molecule has 0 aliphatic carbocycles. The standard InChI is InChI=1S/C20H18Cl2N2O5/c1-28-17-5-3-2-4-16(17)24-10-12(8-19(24)26)20(27)29-11-18(25)23-15-7-6-13(21)9-14(15)22/h2-7,9,12H,8,10-11H2,1H3,(H,23,25)/t12-/m1/s1. The second kappa shape index (κ2) is 9.15. The summed E-state index contributed by atoms with van der Waals surface area (Å²) in [5.74, 6) is -1.51. The van der Waals surface area contributed by atoms with Gasteiger partial charge in [0.05, 0.1) is 29.4 Å². The summed E-state index contributed by atoms with van der Waals surface area (Å²) < 4.78 is 10.4. The number of methoxy groups -OCH3 is 1. The van der Waals surface area contributed by atoms with E-state index in [9.17, 15) is 14.4 Å². The minimum absolute atomic E-state index is 0.00150. The second-order valence-corrected chi connectivity index (χ2v) is 7.20. The van der Waals surface area contributed by atoms with Crippen molar-refractivity contribution in [2.75, 3.05) is 30.5 Å². The van der Waals surface area contributed by atoms with Crippen LogP contribution < -0.4 is 15.0 Å². The molecule has 29 heavy (non-hydrogen) atoms. The van der Waals surface area contributed by atoms with Gasteiger partial charge in [-0.1, -0.05) is 35.3 Å². The van der Waals surface area contributed by atoms with Gasteiger partial charge in [0.1, 0.15) is 5.75 Å². The van der Waals surface area contributed by atoms with Gasteiger partial charge in [0.25, 0.3) is 5.91 Å². The fourth-order valence-electron chi connectivity index (χ4n) is 2.98. The van der Waals surface area contributed by atoms with Gasteiger partial charge in [0.15, 0.2) is 6.61 Å². The molecule has 1 heterocycles. The molecule has 2 amide bonds. The van der Waals surface area contributed by atoms with Crippen LogP contribution in [0, 0.1) is 5.92 Å². The first-order valence-electron chi connectivity index (χ1n) is 8.74. The minimum atomic E-state index is -0.667. The summed E-state index contributed by atoms with van der Waals surface area (Å²) in [6.07, 6.45) is 0.00150. The zero-order chi connectivity index (χ0) is 21.0. The molecule has 1 aliphatic heterocycles. The molecule has 0 spiro atoms. The van der Waals surface area contributed by atoms with E-state index in [2.05, 4.69) is 5.32 Å². The Kier molecular flexibility index (Phi) is 6.61. The molecule has 0 aromatic heterocycles. The van der Waals surface area contributed by atoms with Gasteiger partial charge in [-0.05, 0) is 30.3 Å². The summed E-state index contributed by atoms with van der Waals surface area (Å²) in [6, 6.07) is 11.7. The van der Waals surface area contributed by atoms with Gasteiger partial charge in [-0.15, -0.1) is 0 Å². The number of esters is 1. The van der Waals surface area contributed by atoms with E-state index < -0.39 is 24.4 Å². The van der Waals surface area contributed by atoms with Crippen molar-refractivity contribution in [3.63, 3.8) is 0 Å². The topological polar surface area (TPSA) is 84.9 Å². The zero-order valence-corrected chi connectivity index (χ0v) is 17.0. The number of rotatable bonds is 6. The SMILES string of the molecule is COc1ccccc1N1C[C@H](C(=O)OCC(=O)Nc2ccc(Cl)cc2Cl)CC1=O. The van der Waals surface area contributed by atoms with Gasteiger partial charge in [-0.2, -0.15) is 0 Å². The van der Waals surface area contributed by atoms with Crippen molar-refractivity contribution in [2.45, 2.75) is 6.42 Å². The third kappa shape index (κ3) is 4.99. The molecule has 0 saturated carbocycles. The molecule has 2 aromatic rings. The van der Waals surface area contributed by atoms with Crippen LogP contribution in [-0.4, -0.2) is 38.0 Å². The van der Waals surface area contributed by atoms with Gasteiger partial charge in [-0.3, -0.25) is 14.4 Å². The van der Waals surface area contributed by atoms with E-state index in [1.165, 1.54) is 18.1 Å². The number of nitrogens with one attached hydrogen (secondary N) is 1. The number of ether oxygens (including phenoxy) is 2. The molecule has 2 aromatic carbocycles. The highest BCUT2D eigenvalue weighted by Crippen LogP contribution is 2.33. The van der Waals surface area contributed by atoms with Crippen LogP contribution >= 0.6 is 23.2 Å². The molecular formula is C20H18Cl2N2O5. The molecule has 0 unspecified atom stereocenters. The summed E-state index contributed by atoms with van der Waals surface area (Å²) in [7, 11) is 1.51. The van der Waals surface area contributed by atoms with E-state index >= 15 is 0 Å². The van der Waals surface area contributed by atoms with E-state index in [1.54, 1.807) is 36.4 Å². The van der Waals surface area contributed by atoms with Crippen LogP contribution in [0.25, 0.3) is 0 Å². The van der Waals surface area contributed by atoms with Gasteiger partial charge in [-0.25, -0.2) is 0 Å². The number of carbonyl (C=O) groups excluding carboxylic acids is 3. The fraction of sp³-hybridized carbons (Fsp3) is 0.250. The predicted molar refractivity (Wildman–Crippen MR) is 110 cm³/mol. The highest BCUT2D eigenvalue weighted by atomic mass is 35.5. The van der Waals surface area contributed by atoms with Gasteiger partial charge in [0, 0.05) is 18.0 Å². The summed E-state index contributed by atoms with van der Waals surface area (Å²) in [4.78, 5) is 38.2. The molecule has 1 aliphatic rings. The number of benzene rings is 2. The Morgan fingerprint density at radius 1 is 1.21 bits per heavy atom. The molecule has 1 N–H and O–H groups in total. The van der Waals surface area contributed by atoms with Crippen molar-refractivity contribution in [1.82, 2.24) is 0 Å². The van der Waals surface area contributed by atoms with E-state index in [-0.39, 0.29) is 23.9 Å². The maximum Gasteiger partial charge on any atom is 0.311 e. The lowest BCUT2D eigenvalue weighted by molar-refractivity contribution is -0.151. The molecule has 0 radical (unpaired) electrons. The monoisotopic (exact) mass is 436 g/mol. The van der Waals surface area contributed by atoms with Crippen molar-refractivity contribution in [2.24, 2.45) is 5.92 Å². The number of hydrogen-bond donors (Lipinski definition) is 1. The number of anilines is 2. The van der Waals surface area contributed by atoms with E-state index in [0.717, 1.165) is 0 Å². The molecular weight excluding hydrogens is 419 g/mol. The average molecular weight is 437 g/mol. The van der Waals surface area contributed by atoms with Crippen LogP contribution in [0.4, 0.5) is 11.4 Å². The van der Waals surface area contributed by atoms with Gasteiger partial charge >= 0.3 is 5.97 Å². The Bertz CT molecular complexity index is 950. The van der Waals surface area contributed by atoms with E-state index in [0.29, 0.717) is 22.1 Å². The normalized spacial score (nSPS) is 15.9. The predicted octanol–water partition coefficient (Wildman–Crippen LogP) is 3.54.